The monoisotopic (exact) mass is 351 g/mol. The number of anilines is 2. The summed E-state index contributed by atoms with van der Waals surface area (Å²) < 4.78 is 9.83. The first-order valence-corrected chi connectivity index (χ1v) is 7.80. The van der Waals surface area contributed by atoms with Crippen LogP contribution in [0.3, 0.4) is 0 Å². The molecule has 8 heteroatoms. The van der Waals surface area contributed by atoms with Gasteiger partial charge in [-0.25, -0.2) is 4.79 Å². The average molecular weight is 351 g/mol. The molecule has 1 atom stereocenters. The quantitative estimate of drug-likeness (QED) is 0.728. The number of alkyl carbamates (subject to hydrolysis) is 1. The van der Waals surface area contributed by atoms with Gasteiger partial charge in [0.05, 0.1) is 0 Å². The average Bonchev–Trinajstić information content (AvgIpc) is 2.47. The van der Waals surface area contributed by atoms with E-state index >= 15 is 0 Å². The van der Waals surface area contributed by atoms with E-state index in [4.69, 9.17) is 9.47 Å². The van der Waals surface area contributed by atoms with Gasteiger partial charge < -0.3 is 25.4 Å². The SMILES string of the molecule is COCC(=O)Nc1ccc(NC(=O)[C@@H](C)NC(=O)OC(C)(C)C)cc1. The lowest BCUT2D eigenvalue weighted by Gasteiger charge is -2.21. The van der Waals surface area contributed by atoms with Gasteiger partial charge in [-0.2, -0.15) is 0 Å². The van der Waals surface area contributed by atoms with E-state index in [-0.39, 0.29) is 18.4 Å². The third-order valence-corrected chi connectivity index (χ3v) is 2.84. The molecular formula is C17H25N3O5. The summed E-state index contributed by atoms with van der Waals surface area (Å²) in [5.74, 6) is -0.656. The van der Waals surface area contributed by atoms with E-state index in [0.29, 0.717) is 11.4 Å². The standard InChI is InChI=1S/C17H25N3O5/c1-11(18-16(23)25-17(2,3)4)15(22)20-13-8-6-12(7-9-13)19-14(21)10-24-5/h6-9,11H,10H2,1-5H3,(H,18,23)(H,19,21)(H,20,22)/t11-/m1/s1. The Bertz CT molecular complexity index is 608. The number of hydrogen-bond acceptors (Lipinski definition) is 5. The Hall–Kier alpha value is -2.61. The van der Waals surface area contributed by atoms with Crippen LogP contribution in [0.25, 0.3) is 0 Å². The van der Waals surface area contributed by atoms with Crippen molar-refractivity contribution >= 4 is 29.3 Å². The molecule has 0 aliphatic rings. The van der Waals surface area contributed by atoms with Gasteiger partial charge in [0, 0.05) is 18.5 Å². The minimum atomic E-state index is -0.768. The zero-order chi connectivity index (χ0) is 19.0. The van der Waals surface area contributed by atoms with Gasteiger partial charge >= 0.3 is 6.09 Å². The van der Waals surface area contributed by atoms with Gasteiger partial charge in [-0.1, -0.05) is 0 Å². The lowest BCUT2D eigenvalue weighted by atomic mass is 10.2. The first kappa shape index (κ1) is 20.4. The van der Waals surface area contributed by atoms with Crippen molar-refractivity contribution in [3.05, 3.63) is 24.3 Å². The van der Waals surface area contributed by atoms with E-state index in [1.54, 1.807) is 52.0 Å². The van der Waals surface area contributed by atoms with E-state index in [2.05, 4.69) is 16.0 Å². The van der Waals surface area contributed by atoms with Crippen molar-refractivity contribution in [2.24, 2.45) is 0 Å². The fourth-order valence-electron chi connectivity index (χ4n) is 1.77. The molecule has 1 aromatic rings. The molecule has 0 aromatic heterocycles. The van der Waals surface area contributed by atoms with E-state index in [9.17, 15) is 14.4 Å². The van der Waals surface area contributed by atoms with Crippen LogP contribution in [0.1, 0.15) is 27.7 Å². The number of carbonyl (C=O) groups excluding carboxylic acids is 3. The molecule has 0 spiro atoms. The number of amides is 3. The summed E-state index contributed by atoms with van der Waals surface area (Å²) in [6.07, 6.45) is -0.661. The van der Waals surface area contributed by atoms with Crippen LogP contribution in [0.2, 0.25) is 0 Å². The van der Waals surface area contributed by atoms with E-state index in [1.807, 2.05) is 0 Å². The molecule has 0 aliphatic carbocycles. The summed E-state index contributed by atoms with van der Waals surface area (Å²) in [4.78, 5) is 35.2. The van der Waals surface area contributed by atoms with Gasteiger partial charge in [-0.3, -0.25) is 9.59 Å². The molecule has 0 fully saturated rings. The molecule has 0 saturated carbocycles. The molecular weight excluding hydrogens is 326 g/mol. The second-order valence-electron chi connectivity index (χ2n) is 6.42. The fraction of sp³-hybridized carbons (Fsp3) is 0.471. The number of methoxy groups -OCH3 is 1. The van der Waals surface area contributed by atoms with E-state index in [1.165, 1.54) is 7.11 Å². The van der Waals surface area contributed by atoms with Crippen LogP contribution in [0, 0.1) is 0 Å². The number of rotatable bonds is 6. The lowest BCUT2D eigenvalue weighted by molar-refractivity contribution is -0.119. The Labute approximate surface area is 147 Å². The zero-order valence-corrected chi connectivity index (χ0v) is 15.1. The Kier molecular flexibility index (Phi) is 7.38. The predicted molar refractivity (Wildman–Crippen MR) is 94.4 cm³/mol. The maximum Gasteiger partial charge on any atom is 0.408 e. The third-order valence-electron chi connectivity index (χ3n) is 2.84. The van der Waals surface area contributed by atoms with Crippen molar-refractivity contribution in [3.63, 3.8) is 0 Å². The van der Waals surface area contributed by atoms with Crippen LogP contribution >= 0.6 is 0 Å². The first-order valence-electron chi connectivity index (χ1n) is 7.80. The maximum atomic E-state index is 12.1. The molecule has 3 amide bonds. The lowest BCUT2D eigenvalue weighted by Crippen LogP contribution is -2.43. The molecule has 0 heterocycles. The van der Waals surface area contributed by atoms with Crippen molar-refractivity contribution in [3.8, 4) is 0 Å². The highest BCUT2D eigenvalue weighted by Crippen LogP contribution is 2.14. The van der Waals surface area contributed by atoms with Crippen molar-refractivity contribution < 1.29 is 23.9 Å². The molecule has 8 nitrogen and oxygen atoms in total. The second-order valence-corrected chi connectivity index (χ2v) is 6.42. The minimum absolute atomic E-state index is 0.0354. The highest BCUT2D eigenvalue weighted by Gasteiger charge is 2.21. The number of hydrogen-bond donors (Lipinski definition) is 3. The van der Waals surface area contributed by atoms with Gasteiger partial charge in [0.15, 0.2) is 0 Å². The van der Waals surface area contributed by atoms with Crippen LogP contribution in [0.4, 0.5) is 16.2 Å². The van der Waals surface area contributed by atoms with Crippen LogP contribution in [0.5, 0.6) is 0 Å². The summed E-state index contributed by atoms with van der Waals surface area (Å²) in [6.45, 7) is 6.74. The minimum Gasteiger partial charge on any atom is -0.444 e. The van der Waals surface area contributed by atoms with Crippen molar-refractivity contribution in [2.45, 2.75) is 39.3 Å². The Morgan fingerprint density at radius 2 is 1.56 bits per heavy atom. The topological polar surface area (TPSA) is 106 Å². The fourth-order valence-corrected chi connectivity index (χ4v) is 1.77. The molecule has 25 heavy (non-hydrogen) atoms. The van der Waals surface area contributed by atoms with E-state index in [0.717, 1.165) is 0 Å². The number of carbonyl (C=O) groups is 3. The van der Waals surface area contributed by atoms with Crippen molar-refractivity contribution in [1.82, 2.24) is 5.32 Å². The molecule has 0 saturated heterocycles. The van der Waals surface area contributed by atoms with Crippen LogP contribution in [-0.4, -0.2) is 43.3 Å². The number of ether oxygens (including phenoxy) is 2. The van der Waals surface area contributed by atoms with Gasteiger partial charge in [0.1, 0.15) is 18.2 Å². The van der Waals surface area contributed by atoms with Crippen molar-refractivity contribution in [2.75, 3.05) is 24.4 Å². The summed E-state index contributed by atoms with van der Waals surface area (Å²) in [5.41, 5.74) is 0.483. The zero-order valence-electron chi connectivity index (χ0n) is 15.1. The smallest absolute Gasteiger partial charge is 0.408 e. The second kappa shape index (κ2) is 9.03. The van der Waals surface area contributed by atoms with Gasteiger partial charge in [-0.05, 0) is 52.0 Å². The molecule has 1 rings (SSSR count). The number of nitrogens with one attached hydrogen (secondary N) is 3. The molecule has 0 radical (unpaired) electrons. The molecule has 0 bridgehead atoms. The van der Waals surface area contributed by atoms with Crippen LogP contribution in [-0.2, 0) is 19.1 Å². The maximum absolute atomic E-state index is 12.1. The molecule has 0 unspecified atom stereocenters. The van der Waals surface area contributed by atoms with Crippen LogP contribution in [0.15, 0.2) is 24.3 Å². The van der Waals surface area contributed by atoms with Gasteiger partial charge in [0.2, 0.25) is 11.8 Å². The summed E-state index contributed by atoms with van der Waals surface area (Å²) in [5, 5.41) is 7.78. The first-order chi connectivity index (χ1) is 11.6. The summed E-state index contributed by atoms with van der Waals surface area (Å²) >= 11 is 0. The third kappa shape index (κ3) is 8.16. The highest BCUT2D eigenvalue weighted by atomic mass is 16.6. The largest absolute Gasteiger partial charge is 0.444 e. The summed E-state index contributed by atoms with van der Waals surface area (Å²) in [6, 6.07) is 5.81. The molecule has 0 aliphatic heterocycles. The van der Waals surface area contributed by atoms with Crippen LogP contribution < -0.4 is 16.0 Å². The molecule has 138 valence electrons. The van der Waals surface area contributed by atoms with Gasteiger partial charge in [0.25, 0.3) is 0 Å². The molecule has 1 aromatic carbocycles. The number of benzene rings is 1. The van der Waals surface area contributed by atoms with E-state index < -0.39 is 17.7 Å². The predicted octanol–water partition coefficient (Wildman–Crippen LogP) is 2.12. The van der Waals surface area contributed by atoms with Gasteiger partial charge in [-0.15, -0.1) is 0 Å². The Morgan fingerprint density at radius 1 is 1.04 bits per heavy atom. The molecule has 3 N–H and O–H groups in total. The normalized spacial score (nSPS) is 12.0. The Balaban J connectivity index is 2.53. The Morgan fingerprint density at radius 3 is 2.04 bits per heavy atom. The van der Waals surface area contributed by atoms with Crippen molar-refractivity contribution in [1.29, 1.82) is 0 Å². The summed E-state index contributed by atoms with van der Waals surface area (Å²) in [7, 11) is 1.44. The highest BCUT2D eigenvalue weighted by molar-refractivity contribution is 5.97.